The van der Waals surface area contributed by atoms with E-state index in [-0.39, 0.29) is 12.0 Å². The number of morpholine rings is 1. The first-order chi connectivity index (χ1) is 17.1. The highest BCUT2D eigenvalue weighted by atomic mass is 16.5. The van der Waals surface area contributed by atoms with Crippen molar-refractivity contribution in [3.05, 3.63) is 73.2 Å². The molecular formula is C25H24N8O2. The van der Waals surface area contributed by atoms with Crippen molar-refractivity contribution in [3.63, 3.8) is 0 Å². The monoisotopic (exact) mass is 468 g/mol. The number of hydrogen-bond donors (Lipinski definition) is 4. The summed E-state index contributed by atoms with van der Waals surface area (Å²) < 4.78 is 5.76. The molecule has 1 saturated heterocycles. The summed E-state index contributed by atoms with van der Waals surface area (Å²) in [4.78, 5) is 29.8. The number of fused-ring (bicyclic) bond motifs is 1. The molecule has 4 heterocycles. The van der Waals surface area contributed by atoms with Gasteiger partial charge in [0.25, 0.3) is 0 Å². The molecule has 5 rings (SSSR count). The minimum Gasteiger partial charge on any atom is -0.383 e. The number of hydrogen-bond acceptors (Lipinski definition) is 9. The van der Waals surface area contributed by atoms with Gasteiger partial charge in [-0.3, -0.25) is 14.8 Å². The maximum atomic E-state index is 11.7. The third-order valence-electron chi connectivity index (χ3n) is 5.54. The van der Waals surface area contributed by atoms with Crippen molar-refractivity contribution in [2.24, 2.45) is 0 Å². The molecule has 0 saturated carbocycles. The van der Waals surface area contributed by atoms with Gasteiger partial charge in [0.05, 0.1) is 35.4 Å². The van der Waals surface area contributed by atoms with E-state index in [1.54, 1.807) is 24.5 Å². The number of nitrogens with one attached hydrogen (secondary N) is 3. The Bertz CT molecular complexity index is 1380. The molecule has 0 bridgehead atoms. The number of carbonyl (C=O) groups is 1. The Kier molecular flexibility index (Phi) is 6.29. The Hall–Kier alpha value is -4.41. The van der Waals surface area contributed by atoms with Crippen LogP contribution in [0, 0.1) is 0 Å². The number of benzene rings is 1. The van der Waals surface area contributed by atoms with Crippen LogP contribution in [0.15, 0.2) is 67.5 Å². The molecule has 4 aromatic rings. The number of anilines is 4. The number of para-hydroxylation sites is 1. The van der Waals surface area contributed by atoms with Crippen molar-refractivity contribution in [1.29, 1.82) is 0 Å². The number of ether oxygens (including phenoxy) is 1. The molecule has 1 aromatic carbocycles. The lowest BCUT2D eigenvalue weighted by Crippen LogP contribution is -2.33. The number of aromatic nitrogens is 4. The highest BCUT2D eigenvalue weighted by Crippen LogP contribution is 2.31. The van der Waals surface area contributed by atoms with E-state index in [1.807, 2.05) is 30.3 Å². The number of carbonyl (C=O) groups excluding carboxylic acids is 1. The molecule has 176 valence electrons. The van der Waals surface area contributed by atoms with E-state index < -0.39 is 0 Å². The number of nitrogens with two attached hydrogens (primary N) is 1. The average molecular weight is 469 g/mol. The minimum absolute atomic E-state index is 0.0625. The Morgan fingerprint density at radius 3 is 2.86 bits per heavy atom. The van der Waals surface area contributed by atoms with Crippen LogP contribution in [0.4, 0.5) is 23.1 Å². The fraction of sp³-hybridized carbons (Fsp3) is 0.160. The van der Waals surface area contributed by atoms with Crippen molar-refractivity contribution < 1.29 is 9.53 Å². The molecule has 1 unspecified atom stereocenters. The smallest absolute Gasteiger partial charge is 0.247 e. The standard InChI is InChI=1S/C25H24N8O2/c1-2-22(34)30-15-8-9-28-20(12-15)17-4-3-5-18-23(17)32-25(33-24(18)26)31-16-6-7-19(29-13-16)21-14-27-10-11-35-21/h2-9,12-13,21,27H,1,10-11,14H2,(H,28,30,34)(H3,26,31,32,33). The molecule has 1 fully saturated rings. The van der Waals surface area contributed by atoms with Gasteiger partial charge in [-0.05, 0) is 36.4 Å². The van der Waals surface area contributed by atoms with Gasteiger partial charge in [-0.2, -0.15) is 4.98 Å². The first kappa shape index (κ1) is 22.4. The van der Waals surface area contributed by atoms with Crippen LogP contribution in [-0.4, -0.2) is 45.5 Å². The normalized spacial score (nSPS) is 15.5. The quantitative estimate of drug-likeness (QED) is 0.314. The van der Waals surface area contributed by atoms with Crippen LogP contribution in [0.25, 0.3) is 22.2 Å². The van der Waals surface area contributed by atoms with Gasteiger partial charge in [0.15, 0.2) is 0 Å². The van der Waals surface area contributed by atoms with Crippen LogP contribution in [0.5, 0.6) is 0 Å². The average Bonchev–Trinajstić information content (AvgIpc) is 2.89. The SMILES string of the molecule is C=CC(=O)Nc1ccnc(-c2cccc3c(N)nc(Nc4ccc(C5CNCCO5)nc4)nc23)c1. The van der Waals surface area contributed by atoms with Crippen LogP contribution in [0.3, 0.4) is 0 Å². The molecule has 10 nitrogen and oxygen atoms in total. The minimum atomic E-state index is -0.302. The Morgan fingerprint density at radius 2 is 2.09 bits per heavy atom. The van der Waals surface area contributed by atoms with Gasteiger partial charge in [0.1, 0.15) is 11.9 Å². The summed E-state index contributed by atoms with van der Waals surface area (Å²) in [5.41, 5.74) is 10.5. The molecule has 0 spiro atoms. The van der Waals surface area contributed by atoms with Crippen molar-refractivity contribution in [2.45, 2.75) is 6.10 Å². The largest absolute Gasteiger partial charge is 0.383 e. The van der Waals surface area contributed by atoms with Crippen LogP contribution >= 0.6 is 0 Å². The zero-order chi connectivity index (χ0) is 24.2. The lowest BCUT2D eigenvalue weighted by Gasteiger charge is -2.23. The summed E-state index contributed by atoms with van der Waals surface area (Å²) in [6.45, 7) is 5.73. The lowest BCUT2D eigenvalue weighted by molar-refractivity contribution is -0.111. The maximum absolute atomic E-state index is 11.7. The van der Waals surface area contributed by atoms with Crippen LogP contribution < -0.4 is 21.7 Å². The third kappa shape index (κ3) is 4.93. The Morgan fingerprint density at radius 1 is 1.17 bits per heavy atom. The molecule has 1 atom stereocenters. The molecular weight excluding hydrogens is 444 g/mol. The van der Waals surface area contributed by atoms with Gasteiger partial charge in [-0.15, -0.1) is 0 Å². The highest BCUT2D eigenvalue weighted by Gasteiger charge is 2.17. The van der Waals surface area contributed by atoms with Gasteiger partial charge in [0, 0.05) is 35.9 Å². The second kappa shape index (κ2) is 9.84. The summed E-state index contributed by atoms with van der Waals surface area (Å²) in [5, 5.41) is 9.93. The molecule has 3 aromatic heterocycles. The van der Waals surface area contributed by atoms with Crippen LogP contribution in [0.2, 0.25) is 0 Å². The first-order valence-corrected chi connectivity index (χ1v) is 11.1. The predicted molar refractivity (Wildman–Crippen MR) is 135 cm³/mol. The first-order valence-electron chi connectivity index (χ1n) is 11.1. The molecule has 5 N–H and O–H groups in total. The molecule has 1 aliphatic rings. The predicted octanol–water partition coefficient (Wildman–Crippen LogP) is 3.20. The highest BCUT2D eigenvalue weighted by molar-refractivity contribution is 6.01. The summed E-state index contributed by atoms with van der Waals surface area (Å²) in [6.07, 6.45) is 4.49. The number of pyridine rings is 2. The number of nitrogen functional groups attached to an aromatic ring is 1. The van der Waals surface area contributed by atoms with E-state index in [0.29, 0.717) is 40.7 Å². The Balaban J connectivity index is 1.45. The summed E-state index contributed by atoms with van der Waals surface area (Å²) in [5.74, 6) is 0.370. The fourth-order valence-corrected chi connectivity index (χ4v) is 3.84. The molecule has 1 aliphatic heterocycles. The zero-order valence-corrected chi connectivity index (χ0v) is 18.9. The van der Waals surface area contributed by atoms with E-state index in [2.05, 4.69) is 37.5 Å². The molecule has 10 heteroatoms. The molecule has 1 amide bonds. The fourth-order valence-electron chi connectivity index (χ4n) is 3.84. The maximum Gasteiger partial charge on any atom is 0.247 e. The number of rotatable bonds is 6. The molecule has 35 heavy (non-hydrogen) atoms. The molecule has 0 aliphatic carbocycles. The lowest BCUT2D eigenvalue weighted by atomic mass is 10.1. The van der Waals surface area contributed by atoms with Crippen molar-refractivity contribution >= 4 is 40.0 Å². The van der Waals surface area contributed by atoms with Crippen molar-refractivity contribution in [1.82, 2.24) is 25.3 Å². The van der Waals surface area contributed by atoms with E-state index in [1.165, 1.54) is 6.08 Å². The van der Waals surface area contributed by atoms with Gasteiger partial charge in [-0.25, -0.2) is 4.98 Å². The van der Waals surface area contributed by atoms with E-state index >= 15 is 0 Å². The molecule has 0 radical (unpaired) electrons. The van der Waals surface area contributed by atoms with Crippen LogP contribution in [0.1, 0.15) is 11.8 Å². The number of nitrogens with zero attached hydrogens (tertiary/aromatic N) is 4. The Labute approximate surface area is 201 Å². The van der Waals surface area contributed by atoms with E-state index in [9.17, 15) is 4.79 Å². The zero-order valence-electron chi connectivity index (χ0n) is 18.9. The van der Waals surface area contributed by atoms with E-state index in [4.69, 9.17) is 15.5 Å². The number of amides is 1. The third-order valence-corrected chi connectivity index (χ3v) is 5.54. The van der Waals surface area contributed by atoms with Crippen molar-refractivity contribution in [3.8, 4) is 11.3 Å². The second-order valence-corrected chi connectivity index (χ2v) is 7.92. The van der Waals surface area contributed by atoms with Gasteiger partial charge >= 0.3 is 0 Å². The summed E-state index contributed by atoms with van der Waals surface area (Å²) >= 11 is 0. The second-order valence-electron chi connectivity index (χ2n) is 7.92. The van der Waals surface area contributed by atoms with Crippen LogP contribution in [-0.2, 0) is 9.53 Å². The van der Waals surface area contributed by atoms with E-state index in [0.717, 1.165) is 30.0 Å². The topological polar surface area (TPSA) is 140 Å². The van der Waals surface area contributed by atoms with Gasteiger partial charge < -0.3 is 26.4 Å². The van der Waals surface area contributed by atoms with Crippen molar-refractivity contribution in [2.75, 3.05) is 36.1 Å². The van der Waals surface area contributed by atoms with Gasteiger partial charge in [0.2, 0.25) is 11.9 Å². The summed E-state index contributed by atoms with van der Waals surface area (Å²) in [6, 6.07) is 12.9. The van der Waals surface area contributed by atoms with Gasteiger partial charge in [-0.1, -0.05) is 18.7 Å². The summed E-state index contributed by atoms with van der Waals surface area (Å²) in [7, 11) is 0.